The number of hydrogen-bond donors (Lipinski definition) is 0. The highest BCUT2D eigenvalue weighted by molar-refractivity contribution is 7.91. The number of sulfonamides is 1. The van der Waals surface area contributed by atoms with E-state index in [0.29, 0.717) is 41.2 Å². The molecule has 7 rings (SSSR count). The molecule has 3 aliphatic rings. The molecule has 3 aliphatic heterocycles. The van der Waals surface area contributed by atoms with Crippen LogP contribution in [0.2, 0.25) is 0 Å². The van der Waals surface area contributed by atoms with Gasteiger partial charge in [0.1, 0.15) is 17.3 Å². The predicted octanol–water partition coefficient (Wildman–Crippen LogP) is 4.88. The Labute approximate surface area is 297 Å². The van der Waals surface area contributed by atoms with E-state index in [2.05, 4.69) is 0 Å². The van der Waals surface area contributed by atoms with Crippen molar-refractivity contribution in [1.29, 1.82) is 5.26 Å². The van der Waals surface area contributed by atoms with E-state index in [1.807, 2.05) is 43.3 Å². The molecule has 2 amide bonds. The zero-order valence-corrected chi connectivity index (χ0v) is 29.5. The molecular formula is C38H35N5O6S2. The third-order valence-electron chi connectivity index (χ3n) is 9.58. The molecule has 0 N–H and O–H groups in total. The van der Waals surface area contributed by atoms with Gasteiger partial charge in [-0.05, 0) is 61.1 Å². The average Bonchev–Trinajstić information content (AvgIpc) is 3.72. The van der Waals surface area contributed by atoms with Crippen molar-refractivity contribution in [3.8, 4) is 23.0 Å². The number of nitriles is 1. The van der Waals surface area contributed by atoms with Gasteiger partial charge in [0, 0.05) is 36.0 Å². The minimum absolute atomic E-state index is 0.0154. The first kappa shape index (κ1) is 34.3. The second-order valence-electron chi connectivity index (χ2n) is 13.2. The summed E-state index contributed by atoms with van der Waals surface area (Å²) in [5.74, 6) is -1.88. The number of benzene rings is 3. The van der Waals surface area contributed by atoms with Crippen LogP contribution in [-0.4, -0.2) is 78.3 Å². The van der Waals surface area contributed by atoms with Crippen molar-refractivity contribution in [2.24, 2.45) is 5.92 Å². The summed E-state index contributed by atoms with van der Waals surface area (Å²) in [7, 11) is -7.30. The number of hydrogen-bond acceptors (Lipinski definition) is 8. The molecule has 13 heteroatoms. The van der Waals surface area contributed by atoms with Gasteiger partial charge in [-0.3, -0.25) is 14.5 Å². The van der Waals surface area contributed by atoms with E-state index in [1.54, 1.807) is 71.6 Å². The zero-order chi connectivity index (χ0) is 35.9. The van der Waals surface area contributed by atoms with Crippen molar-refractivity contribution in [3.05, 3.63) is 113 Å². The summed E-state index contributed by atoms with van der Waals surface area (Å²) in [5.41, 5.74) is 2.28. The van der Waals surface area contributed by atoms with Crippen molar-refractivity contribution >= 4 is 43.3 Å². The van der Waals surface area contributed by atoms with E-state index >= 15 is 0 Å². The molecule has 2 saturated heterocycles. The summed E-state index contributed by atoms with van der Waals surface area (Å²) in [6.45, 7) is 2.91. The van der Waals surface area contributed by atoms with Crippen LogP contribution in [-0.2, 0) is 29.4 Å². The SMILES string of the molecule is CC1CCCN(S(=O)(=O)c2cccc(-c3nn(-c4ccccc4)cc3/C=C3\C(=O)N(C4CCS(=O)(=O)C4)C(=O)C(C#N)=C3c3ccccc3)c2)C1. The van der Waals surface area contributed by atoms with Crippen molar-refractivity contribution < 1.29 is 26.4 Å². The van der Waals surface area contributed by atoms with Crippen molar-refractivity contribution in [2.45, 2.75) is 37.1 Å². The Hall–Kier alpha value is -5.16. The lowest BCUT2D eigenvalue weighted by atomic mass is 9.86. The molecule has 4 aromatic rings. The largest absolute Gasteiger partial charge is 0.272 e. The maximum absolute atomic E-state index is 14.5. The maximum atomic E-state index is 14.5. The Kier molecular flexibility index (Phi) is 9.09. The number of aromatic nitrogens is 2. The first-order valence-corrected chi connectivity index (χ1v) is 20.0. The Morgan fingerprint density at radius 2 is 1.63 bits per heavy atom. The molecule has 0 bridgehead atoms. The second kappa shape index (κ2) is 13.5. The first-order valence-electron chi connectivity index (χ1n) is 16.7. The second-order valence-corrected chi connectivity index (χ2v) is 17.3. The van der Waals surface area contributed by atoms with E-state index in [9.17, 15) is 31.7 Å². The number of amides is 2. The highest BCUT2D eigenvalue weighted by atomic mass is 32.2. The highest BCUT2D eigenvalue weighted by Crippen LogP contribution is 2.38. The Morgan fingerprint density at radius 1 is 0.922 bits per heavy atom. The quantitative estimate of drug-likeness (QED) is 0.194. The van der Waals surface area contributed by atoms with E-state index < -0.39 is 37.7 Å². The summed E-state index contributed by atoms with van der Waals surface area (Å²) in [4.78, 5) is 29.3. The number of piperidine rings is 1. The topological polar surface area (TPSA) is 151 Å². The fourth-order valence-corrected chi connectivity index (χ4v) is 10.4. The van der Waals surface area contributed by atoms with Crippen LogP contribution >= 0.6 is 0 Å². The van der Waals surface area contributed by atoms with Crippen LogP contribution in [0.15, 0.2) is 107 Å². The number of nitrogens with zero attached hydrogens (tertiary/aromatic N) is 5. The number of carbonyl (C=O) groups excluding carboxylic acids is 2. The van der Waals surface area contributed by atoms with E-state index in [4.69, 9.17) is 5.10 Å². The Morgan fingerprint density at radius 3 is 2.29 bits per heavy atom. The lowest BCUT2D eigenvalue weighted by molar-refractivity contribution is -0.142. The predicted molar refractivity (Wildman–Crippen MR) is 192 cm³/mol. The first-order chi connectivity index (χ1) is 24.5. The number of carbonyl (C=O) groups is 2. The van der Waals surface area contributed by atoms with Crippen LogP contribution in [0.1, 0.15) is 37.3 Å². The molecule has 0 spiro atoms. The van der Waals surface area contributed by atoms with E-state index in [0.717, 1.165) is 17.7 Å². The maximum Gasteiger partial charge on any atom is 0.272 e. The molecule has 1 aromatic heterocycles. The van der Waals surface area contributed by atoms with Gasteiger partial charge in [-0.15, -0.1) is 0 Å². The summed E-state index contributed by atoms with van der Waals surface area (Å²) < 4.78 is 55.7. The molecule has 2 fully saturated rings. The van der Waals surface area contributed by atoms with Crippen LogP contribution < -0.4 is 0 Å². The van der Waals surface area contributed by atoms with Crippen LogP contribution in [0, 0.1) is 17.2 Å². The minimum Gasteiger partial charge on any atom is -0.270 e. The standard InChI is InChI=1S/C38H35N5O6S2/c1-26-10-9-18-41(23-26)51(48,49)32-16-8-13-28(20-32)36-29(24-42(40-36)30-14-6-3-7-15-30)21-33-35(27-11-4-2-5-12-27)34(22-39)38(45)43(37(33)44)31-17-19-50(46,47)25-31/h2-8,11-16,20-21,24,26,31H,9-10,17-19,23,25H2,1H3/b33-21-. The number of rotatable bonds is 7. The smallest absolute Gasteiger partial charge is 0.270 e. The van der Waals surface area contributed by atoms with Gasteiger partial charge in [0.05, 0.1) is 33.7 Å². The van der Waals surface area contributed by atoms with Gasteiger partial charge in [0.15, 0.2) is 9.84 Å². The van der Waals surface area contributed by atoms with Crippen LogP contribution in [0.4, 0.5) is 0 Å². The summed E-state index contributed by atoms with van der Waals surface area (Å²) >= 11 is 0. The van der Waals surface area contributed by atoms with Gasteiger partial charge in [0.25, 0.3) is 11.8 Å². The third kappa shape index (κ3) is 6.58. The summed E-state index contributed by atoms with van der Waals surface area (Å²) in [6.07, 6.45) is 5.07. The third-order valence-corrected chi connectivity index (χ3v) is 13.2. The van der Waals surface area contributed by atoms with Crippen molar-refractivity contribution in [2.75, 3.05) is 24.6 Å². The van der Waals surface area contributed by atoms with Gasteiger partial charge in [-0.2, -0.15) is 14.7 Å². The van der Waals surface area contributed by atoms with Crippen molar-refractivity contribution in [3.63, 3.8) is 0 Å². The van der Waals surface area contributed by atoms with Gasteiger partial charge in [0.2, 0.25) is 10.0 Å². The minimum atomic E-state index is -3.82. The summed E-state index contributed by atoms with van der Waals surface area (Å²) in [5, 5.41) is 15.2. The number of sulfone groups is 1. The fourth-order valence-electron chi connectivity index (χ4n) is 7.05. The van der Waals surface area contributed by atoms with Gasteiger partial charge in [-0.1, -0.05) is 67.6 Å². The highest BCUT2D eigenvalue weighted by Gasteiger charge is 2.45. The molecule has 4 heterocycles. The molecule has 260 valence electrons. The van der Waals surface area contributed by atoms with Crippen molar-refractivity contribution in [1.82, 2.24) is 19.0 Å². The van der Waals surface area contributed by atoms with E-state index in [1.165, 1.54) is 4.31 Å². The number of imide groups is 1. The van der Waals surface area contributed by atoms with Gasteiger partial charge < -0.3 is 0 Å². The Balaban J connectivity index is 1.42. The zero-order valence-electron chi connectivity index (χ0n) is 27.8. The molecule has 2 atom stereocenters. The van der Waals surface area contributed by atoms with Crippen LogP contribution in [0.3, 0.4) is 0 Å². The van der Waals surface area contributed by atoms with Crippen LogP contribution in [0.25, 0.3) is 28.6 Å². The van der Waals surface area contributed by atoms with E-state index in [-0.39, 0.29) is 45.5 Å². The molecule has 0 radical (unpaired) electrons. The molecule has 11 nitrogen and oxygen atoms in total. The fraction of sp³-hybridized carbons (Fsp3) is 0.263. The molecule has 51 heavy (non-hydrogen) atoms. The van der Waals surface area contributed by atoms with Crippen LogP contribution in [0.5, 0.6) is 0 Å². The molecule has 0 saturated carbocycles. The van der Waals surface area contributed by atoms with Gasteiger partial charge >= 0.3 is 0 Å². The Bertz CT molecular complexity index is 2360. The summed E-state index contributed by atoms with van der Waals surface area (Å²) in [6, 6.07) is 25.5. The monoisotopic (exact) mass is 721 g/mol. The average molecular weight is 722 g/mol. The van der Waals surface area contributed by atoms with Gasteiger partial charge in [-0.25, -0.2) is 21.5 Å². The molecule has 0 aliphatic carbocycles. The molecule has 2 unspecified atom stereocenters. The lowest BCUT2D eigenvalue weighted by Crippen LogP contribution is -2.49. The number of para-hydroxylation sites is 1. The molecular weight excluding hydrogens is 687 g/mol. The molecule has 3 aromatic carbocycles. The normalized spacial score (nSPS) is 22.0. The lowest BCUT2D eigenvalue weighted by Gasteiger charge is -2.32.